The number of nitrogens with one attached hydrogen (secondary N) is 1. The average Bonchev–Trinajstić information content (AvgIpc) is 2.39. The van der Waals surface area contributed by atoms with Gasteiger partial charge in [-0.25, -0.2) is 0 Å². The number of rotatable bonds is 4. The second-order valence-corrected chi connectivity index (χ2v) is 5.78. The van der Waals surface area contributed by atoms with Crippen LogP contribution in [0.15, 0.2) is 36.7 Å². The molecule has 1 N–H and O–H groups in total. The van der Waals surface area contributed by atoms with Gasteiger partial charge in [0.2, 0.25) is 0 Å². The molecule has 4 heteroatoms. The molecule has 2 heterocycles. The molecule has 0 radical (unpaired) electrons. The molecule has 0 saturated carbocycles. The lowest BCUT2D eigenvalue weighted by Gasteiger charge is -2.20. The van der Waals surface area contributed by atoms with Crippen molar-refractivity contribution in [3.63, 3.8) is 0 Å². The van der Waals surface area contributed by atoms with Crippen LogP contribution in [0.4, 0.5) is 0 Å². The van der Waals surface area contributed by atoms with Gasteiger partial charge in [-0.1, -0.05) is 0 Å². The normalized spacial score (nSPS) is 11.4. The van der Waals surface area contributed by atoms with E-state index < -0.39 is 0 Å². The number of hydrogen-bond acceptors (Lipinski definition) is 4. The predicted octanol–water partition coefficient (Wildman–Crippen LogP) is 3.47. The minimum absolute atomic E-state index is 0.0679. The SMILES string of the molecule is Cc1ncccc1Oc1ccnc(CNC(C)(C)C)c1. The van der Waals surface area contributed by atoms with Gasteiger partial charge >= 0.3 is 0 Å². The van der Waals surface area contributed by atoms with Crippen LogP contribution in [0.5, 0.6) is 11.5 Å². The average molecular weight is 271 g/mol. The first-order valence-corrected chi connectivity index (χ1v) is 6.73. The summed E-state index contributed by atoms with van der Waals surface area (Å²) in [5.74, 6) is 1.55. The van der Waals surface area contributed by atoms with Crippen molar-refractivity contribution >= 4 is 0 Å². The highest BCUT2D eigenvalue weighted by atomic mass is 16.5. The third-order valence-corrected chi connectivity index (χ3v) is 2.77. The zero-order valence-corrected chi connectivity index (χ0v) is 12.5. The molecule has 0 spiro atoms. The summed E-state index contributed by atoms with van der Waals surface area (Å²) < 4.78 is 5.85. The maximum absolute atomic E-state index is 5.85. The summed E-state index contributed by atoms with van der Waals surface area (Å²) in [7, 11) is 0. The Bertz CT molecular complexity index is 576. The molecule has 0 unspecified atom stereocenters. The van der Waals surface area contributed by atoms with Gasteiger partial charge in [-0.05, 0) is 45.9 Å². The molecular formula is C16H21N3O. The molecule has 0 bridgehead atoms. The molecule has 0 fully saturated rings. The third kappa shape index (κ3) is 4.31. The van der Waals surface area contributed by atoms with Crippen LogP contribution in [-0.4, -0.2) is 15.5 Å². The van der Waals surface area contributed by atoms with Gasteiger partial charge in [0.05, 0.1) is 11.4 Å². The van der Waals surface area contributed by atoms with E-state index in [0.717, 1.165) is 22.9 Å². The Morgan fingerprint density at radius 1 is 1.15 bits per heavy atom. The molecule has 0 aliphatic rings. The second kappa shape index (κ2) is 6.01. The summed E-state index contributed by atoms with van der Waals surface area (Å²) in [5, 5.41) is 3.41. The van der Waals surface area contributed by atoms with Crippen LogP contribution in [0.1, 0.15) is 32.2 Å². The molecule has 106 valence electrons. The Kier molecular flexibility index (Phi) is 4.35. The lowest BCUT2D eigenvalue weighted by molar-refractivity contribution is 0.419. The van der Waals surface area contributed by atoms with E-state index in [4.69, 9.17) is 4.74 Å². The maximum atomic E-state index is 5.85. The standard InChI is InChI=1S/C16H21N3O/c1-12-15(6-5-8-17-12)20-14-7-9-18-13(10-14)11-19-16(2,3)4/h5-10,19H,11H2,1-4H3. The molecular weight excluding hydrogens is 250 g/mol. The van der Waals surface area contributed by atoms with E-state index in [9.17, 15) is 0 Å². The van der Waals surface area contributed by atoms with E-state index in [1.807, 2.05) is 31.2 Å². The molecule has 0 aliphatic heterocycles. The van der Waals surface area contributed by atoms with Crippen molar-refractivity contribution in [2.24, 2.45) is 0 Å². The van der Waals surface area contributed by atoms with Crippen LogP contribution in [0.2, 0.25) is 0 Å². The topological polar surface area (TPSA) is 47.0 Å². The molecule has 20 heavy (non-hydrogen) atoms. The smallest absolute Gasteiger partial charge is 0.148 e. The number of pyridine rings is 2. The van der Waals surface area contributed by atoms with Crippen molar-refractivity contribution in [1.29, 1.82) is 0 Å². The molecule has 0 aromatic carbocycles. The molecule has 0 amide bonds. The highest BCUT2D eigenvalue weighted by Gasteiger charge is 2.09. The van der Waals surface area contributed by atoms with Gasteiger partial charge in [0.25, 0.3) is 0 Å². The maximum Gasteiger partial charge on any atom is 0.148 e. The molecule has 2 aromatic heterocycles. The van der Waals surface area contributed by atoms with Crippen molar-refractivity contribution in [3.05, 3.63) is 48.0 Å². The van der Waals surface area contributed by atoms with Gasteiger partial charge in [0.1, 0.15) is 11.5 Å². The van der Waals surface area contributed by atoms with E-state index in [1.165, 1.54) is 0 Å². The lowest BCUT2D eigenvalue weighted by Crippen LogP contribution is -2.35. The minimum Gasteiger partial charge on any atom is -0.455 e. The van der Waals surface area contributed by atoms with Gasteiger partial charge in [-0.3, -0.25) is 9.97 Å². The summed E-state index contributed by atoms with van der Waals surface area (Å²) in [5.41, 5.74) is 1.90. The lowest BCUT2D eigenvalue weighted by atomic mass is 10.1. The zero-order valence-electron chi connectivity index (χ0n) is 12.5. The molecule has 0 aliphatic carbocycles. The van der Waals surface area contributed by atoms with Gasteiger partial charge in [-0.15, -0.1) is 0 Å². The third-order valence-electron chi connectivity index (χ3n) is 2.77. The fourth-order valence-corrected chi connectivity index (χ4v) is 1.68. The van der Waals surface area contributed by atoms with Gasteiger partial charge in [0.15, 0.2) is 0 Å². The van der Waals surface area contributed by atoms with E-state index in [1.54, 1.807) is 12.4 Å². The van der Waals surface area contributed by atoms with Crippen molar-refractivity contribution < 1.29 is 4.74 Å². The first-order valence-electron chi connectivity index (χ1n) is 6.73. The van der Waals surface area contributed by atoms with Crippen molar-refractivity contribution in [1.82, 2.24) is 15.3 Å². The summed E-state index contributed by atoms with van der Waals surface area (Å²) in [6.07, 6.45) is 3.52. The first-order chi connectivity index (χ1) is 9.44. The number of nitrogens with zero attached hydrogens (tertiary/aromatic N) is 2. The van der Waals surface area contributed by atoms with Gasteiger partial charge in [-0.2, -0.15) is 0 Å². The fraction of sp³-hybridized carbons (Fsp3) is 0.375. The van der Waals surface area contributed by atoms with E-state index in [0.29, 0.717) is 6.54 Å². The Hall–Kier alpha value is -1.94. The number of aromatic nitrogens is 2. The van der Waals surface area contributed by atoms with Crippen LogP contribution in [0, 0.1) is 6.92 Å². The molecule has 2 rings (SSSR count). The molecule has 0 saturated heterocycles. The largest absolute Gasteiger partial charge is 0.455 e. The summed E-state index contributed by atoms with van der Waals surface area (Å²) in [6.45, 7) is 9.04. The Labute approximate surface area is 120 Å². The number of hydrogen-bond donors (Lipinski definition) is 1. The van der Waals surface area contributed by atoms with Crippen molar-refractivity contribution in [2.75, 3.05) is 0 Å². The predicted molar refractivity (Wildman–Crippen MR) is 79.9 cm³/mol. The van der Waals surface area contributed by atoms with Crippen molar-refractivity contribution in [2.45, 2.75) is 39.8 Å². The van der Waals surface area contributed by atoms with Gasteiger partial charge < -0.3 is 10.1 Å². The first kappa shape index (κ1) is 14.5. The van der Waals surface area contributed by atoms with E-state index in [2.05, 4.69) is 36.1 Å². The fourth-order valence-electron chi connectivity index (χ4n) is 1.68. The molecule has 2 aromatic rings. The summed E-state index contributed by atoms with van der Waals surface area (Å²) >= 11 is 0. The Balaban J connectivity index is 2.08. The zero-order chi connectivity index (χ0) is 14.6. The van der Waals surface area contributed by atoms with Crippen LogP contribution < -0.4 is 10.1 Å². The highest BCUT2D eigenvalue weighted by Crippen LogP contribution is 2.23. The quantitative estimate of drug-likeness (QED) is 0.925. The van der Waals surface area contributed by atoms with Crippen LogP contribution in [-0.2, 0) is 6.54 Å². The monoisotopic (exact) mass is 271 g/mol. The van der Waals surface area contributed by atoms with Crippen LogP contribution in [0.25, 0.3) is 0 Å². The van der Waals surface area contributed by atoms with E-state index >= 15 is 0 Å². The van der Waals surface area contributed by atoms with Gasteiger partial charge in [0, 0.05) is 30.5 Å². The minimum atomic E-state index is 0.0679. The second-order valence-electron chi connectivity index (χ2n) is 5.78. The number of ether oxygens (including phenoxy) is 1. The Morgan fingerprint density at radius 3 is 2.65 bits per heavy atom. The van der Waals surface area contributed by atoms with Crippen LogP contribution >= 0.6 is 0 Å². The van der Waals surface area contributed by atoms with E-state index in [-0.39, 0.29) is 5.54 Å². The molecule has 4 nitrogen and oxygen atoms in total. The summed E-state index contributed by atoms with van der Waals surface area (Å²) in [6, 6.07) is 7.58. The summed E-state index contributed by atoms with van der Waals surface area (Å²) in [4.78, 5) is 8.56. The van der Waals surface area contributed by atoms with Crippen molar-refractivity contribution in [3.8, 4) is 11.5 Å². The number of aryl methyl sites for hydroxylation is 1. The molecule has 0 atom stereocenters. The highest BCUT2D eigenvalue weighted by molar-refractivity contribution is 5.33. The van der Waals surface area contributed by atoms with Crippen LogP contribution in [0.3, 0.4) is 0 Å². The Morgan fingerprint density at radius 2 is 1.95 bits per heavy atom.